The number of carboxylic acids is 1. The van der Waals surface area contributed by atoms with Gasteiger partial charge in [0.2, 0.25) is 0 Å². The Morgan fingerprint density at radius 1 is 1.32 bits per heavy atom. The van der Waals surface area contributed by atoms with Gasteiger partial charge in [-0.2, -0.15) is 13.2 Å². The molecule has 0 aliphatic heterocycles. The van der Waals surface area contributed by atoms with Gasteiger partial charge in [-0.05, 0) is 25.5 Å². The highest BCUT2D eigenvalue weighted by Crippen LogP contribution is 2.36. The zero-order valence-electron chi connectivity index (χ0n) is 12.0. The molecule has 1 rings (SSSR count). The molecule has 5 nitrogen and oxygen atoms in total. The summed E-state index contributed by atoms with van der Waals surface area (Å²) in [6, 6.07) is 3.38. The molecule has 0 aliphatic carbocycles. The van der Waals surface area contributed by atoms with Crippen molar-refractivity contribution >= 4 is 11.9 Å². The maximum Gasteiger partial charge on any atom is 0.419 e. The first-order valence-electron chi connectivity index (χ1n) is 6.52. The van der Waals surface area contributed by atoms with Crippen LogP contribution in [-0.2, 0) is 15.8 Å². The molecule has 22 heavy (non-hydrogen) atoms. The Hall–Kier alpha value is -2.25. The van der Waals surface area contributed by atoms with Gasteiger partial charge in [0.15, 0.2) is 6.10 Å². The van der Waals surface area contributed by atoms with Crippen molar-refractivity contribution in [2.24, 2.45) is 0 Å². The molecule has 122 valence electrons. The number of hydrogen-bond donors (Lipinski definition) is 2. The zero-order valence-corrected chi connectivity index (χ0v) is 12.0. The van der Waals surface area contributed by atoms with Crippen LogP contribution in [0.15, 0.2) is 24.3 Å². The second-order valence-electron chi connectivity index (χ2n) is 4.56. The van der Waals surface area contributed by atoms with Crippen LogP contribution in [0.4, 0.5) is 13.2 Å². The van der Waals surface area contributed by atoms with Crippen LogP contribution in [-0.4, -0.2) is 29.1 Å². The molecule has 0 heterocycles. The number of carboxylic acid groups (broad SMARTS) is 1. The van der Waals surface area contributed by atoms with E-state index in [0.29, 0.717) is 0 Å². The van der Waals surface area contributed by atoms with E-state index in [1.807, 2.05) is 0 Å². The van der Waals surface area contributed by atoms with E-state index in [2.05, 4.69) is 5.32 Å². The van der Waals surface area contributed by atoms with E-state index in [1.165, 1.54) is 19.1 Å². The second kappa shape index (κ2) is 7.15. The average molecular weight is 319 g/mol. The van der Waals surface area contributed by atoms with E-state index < -0.39 is 41.5 Å². The summed E-state index contributed by atoms with van der Waals surface area (Å²) in [5.74, 6) is -2.51. The number of halogens is 3. The first kappa shape index (κ1) is 17.8. The van der Waals surface area contributed by atoms with Gasteiger partial charge in [0.25, 0.3) is 5.91 Å². The minimum absolute atomic E-state index is 0.146. The van der Waals surface area contributed by atoms with Gasteiger partial charge in [-0.25, -0.2) is 4.79 Å². The molecule has 1 aromatic rings. The fraction of sp³-hybridized carbons (Fsp3) is 0.429. The summed E-state index contributed by atoms with van der Waals surface area (Å²) >= 11 is 0. The number of hydrogen-bond acceptors (Lipinski definition) is 3. The summed E-state index contributed by atoms with van der Waals surface area (Å²) in [4.78, 5) is 22.6. The molecule has 0 saturated heterocycles. The van der Waals surface area contributed by atoms with Gasteiger partial charge in [-0.15, -0.1) is 0 Å². The van der Waals surface area contributed by atoms with E-state index in [0.717, 1.165) is 12.1 Å². The van der Waals surface area contributed by atoms with Crippen LogP contribution in [0.2, 0.25) is 0 Å². The van der Waals surface area contributed by atoms with E-state index in [-0.39, 0.29) is 6.42 Å². The lowest BCUT2D eigenvalue weighted by Gasteiger charge is -2.20. The van der Waals surface area contributed by atoms with Crippen LogP contribution in [0.5, 0.6) is 5.75 Å². The zero-order chi connectivity index (χ0) is 16.9. The number of amides is 1. The largest absolute Gasteiger partial charge is 0.480 e. The van der Waals surface area contributed by atoms with Crippen molar-refractivity contribution < 1.29 is 32.6 Å². The Labute approximate surface area is 125 Å². The third-order valence-electron chi connectivity index (χ3n) is 2.89. The summed E-state index contributed by atoms with van der Waals surface area (Å²) in [5.41, 5.74) is -1.00. The number of para-hydroxylation sites is 1. The maximum absolute atomic E-state index is 12.8. The molecule has 8 heteroatoms. The predicted octanol–water partition coefficient (Wildman–Crippen LogP) is 2.45. The number of ether oxygens (including phenoxy) is 1. The van der Waals surface area contributed by atoms with Crippen molar-refractivity contribution in [1.82, 2.24) is 5.32 Å². The average Bonchev–Trinajstić information content (AvgIpc) is 2.43. The minimum Gasteiger partial charge on any atom is -0.480 e. The number of rotatable bonds is 6. The highest BCUT2D eigenvalue weighted by molar-refractivity contribution is 5.86. The van der Waals surface area contributed by atoms with Gasteiger partial charge in [0.1, 0.15) is 11.8 Å². The van der Waals surface area contributed by atoms with Gasteiger partial charge in [-0.1, -0.05) is 19.1 Å². The van der Waals surface area contributed by atoms with Gasteiger partial charge in [0.05, 0.1) is 5.56 Å². The van der Waals surface area contributed by atoms with Crippen LogP contribution >= 0.6 is 0 Å². The van der Waals surface area contributed by atoms with Gasteiger partial charge < -0.3 is 15.2 Å². The molecular formula is C14H16F3NO4. The Kier molecular flexibility index (Phi) is 5.78. The van der Waals surface area contributed by atoms with Crippen LogP contribution in [0.25, 0.3) is 0 Å². The van der Waals surface area contributed by atoms with E-state index >= 15 is 0 Å². The number of nitrogens with one attached hydrogen (secondary N) is 1. The molecule has 0 bridgehead atoms. The number of alkyl halides is 3. The molecule has 2 atom stereocenters. The summed E-state index contributed by atoms with van der Waals surface area (Å²) in [5, 5.41) is 11.0. The fourth-order valence-corrected chi connectivity index (χ4v) is 1.68. The van der Waals surface area contributed by atoms with E-state index in [9.17, 15) is 22.8 Å². The topological polar surface area (TPSA) is 75.6 Å². The molecule has 0 spiro atoms. The number of carbonyl (C=O) groups is 2. The standard InChI is InChI=1S/C14H16F3NO4/c1-3-10(13(20)21)18-12(19)8(2)22-11-7-5-4-6-9(11)14(15,16)17/h4-8,10H,3H2,1-2H3,(H,18,19)(H,20,21). The Morgan fingerprint density at radius 3 is 2.41 bits per heavy atom. The molecule has 0 fully saturated rings. The molecule has 2 unspecified atom stereocenters. The number of carbonyl (C=O) groups excluding carboxylic acids is 1. The summed E-state index contributed by atoms with van der Waals surface area (Å²) in [6.45, 7) is 2.81. The second-order valence-corrected chi connectivity index (χ2v) is 4.56. The van der Waals surface area contributed by atoms with Crippen LogP contribution < -0.4 is 10.1 Å². The smallest absolute Gasteiger partial charge is 0.419 e. The lowest BCUT2D eigenvalue weighted by molar-refractivity contribution is -0.143. The predicted molar refractivity (Wildman–Crippen MR) is 71.4 cm³/mol. The highest BCUT2D eigenvalue weighted by Gasteiger charge is 2.35. The molecule has 2 N–H and O–H groups in total. The number of aliphatic carboxylic acids is 1. The summed E-state index contributed by atoms with van der Waals surface area (Å²) in [7, 11) is 0. The van der Waals surface area contributed by atoms with Crippen LogP contribution in [0.1, 0.15) is 25.8 Å². The number of benzene rings is 1. The first-order valence-corrected chi connectivity index (χ1v) is 6.52. The lowest BCUT2D eigenvalue weighted by atomic mass is 10.2. The minimum atomic E-state index is -4.61. The molecule has 1 amide bonds. The Bertz CT molecular complexity index is 545. The quantitative estimate of drug-likeness (QED) is 0.844. The lowest BCUT2D eigenvalue weighted by Crippen LogP contribution is -2.46. The normalized spacial score (nSPS) is 14.0. The Balaban J connectivity index is 2.83. The van der Waals surface area contributed by atoms with E-state index in [4.69, 9.17) is 9.84 Å². The monoisotopic (exact) mass is 319 g/mol. The first-order chi connectivity index (χ1) is 10.2. The van der Waals surface area contributed by atoms with Crippen LogP contribution in [0.3, 0.4) is 0 Å². The van der Waals surface area contributed by atoms with Crippen LogP contribution in [0, 0.1) is 0 Å². The SMILES string of the molecule is CCC(NC(=O)C(C)Oc1ccccc1C(F)(F)F)C(=O)O. The van der Waals surface area contributed by atoms with Gasteiger partial charge in [-0.3, -0.25) is 4.79 Å². The van der Waals surface area contributed by atoms with Crippen molar-refractivity contribution in [2.75, 3.05) is 0 Å². The molecule has 1 aromatic carbocycles. The molecular weight excluding hydrogens is 303 g/mol. The van der Waals surface area contributed by atoms with Crippen molar-refractivity contribution in [3.05, 3.63) is 29.8 Å². The Morgan fingerprint density at radius 2 is 1.91 bits per heavy atom. The third kappa shape index (κ3) is 4.64. The van der Waals surface area contributed by atoms with Crippen molar-refractivity contribution in [1.29, 1.82) is 0 Å². The maximum atomic E-state index is 12.8. The van der Waals surface area contributed by atoms with Crippen molar-refractivity contribution in [3.63, 3.8) is 0 Å². The van der Waals surface area contributed by atoms with E-state index in [1.54, 1.807) is 6.92 Å². The summed E-state index contributed by atoms with van der Waals surface area (Å²) < 4.78 is 43.5. The fourth-order valence-electron chi connectivity index (χ4n) is 1.68. The molecule has 0 aromatic heterocycles. The molecule has 0 radical (unpaired) electrons. The third-order valence-corrected chi connectivity index (χ3v) is 2.89. The van der Waals surface area contributed by atoms with Gasteiger partial charge in [0, 0.05) is 0 Å². The highest BCUT2D eigenvalue weighted by atomic mass is 19.4. The van der Waals surface area contributed by atoms with Crippen molar-refractivity contribution in [3.8, 4) is 5.75 Å². The summed E-state index contributed by atoms with van der Waals surface area (Å²) in [6.07, 6.45) is -5.73. The molecule has 0 saturated carbocycles. The molecule has 0 aliphatic rings. The van der Waals surface area contributed by atoms with Gasteiger partial charge >= 0.3 is 12.1 Å². The van der Waals surface area contributed by atoms with Crippen molar-refractivity contribution in [2.45, 2.75) is 38.6 Å².